The number of hydrogen-bond acceptors (Lipinski definition) is 8. The van der Waals surface area contributed by atoms with E-state index >= 15 is 0 Å². The number of benzene rings is 2. The van der Waals surface area contributed by atoms with Crippen LogP contribution < -0.4 is 9.47 Å². The van der Waals surface area contributed by atoms with E-state index in [1.165, 1.54) is 24.1 Å². The minimum Gasteiger partial charge on any atom is -0.507 e. The summed E-state index contributed by atoms with van der Waals surface area (Å²) in [6.07, 6.45) is 0. The van der Waals surface area contributed by atoms with Crippen molar-refractivity contribution in [2.75, 3.05) is 40.1 Å². The molecule has 0 saturated carbocycles. The molecule has 176 valence electrons. The number of likely N-dealkylation sites (tertiary alicyclic amines) is 1. The van der Waals surface area contributed by atoms with Crippen LogP contribution in [0.4, 0.5) is 0 Å². The fourth-order valence-corrected chi connectivity index (χ4v) is 3.68. The summed E-state index contributed by atoms with van der Waals surface area (Å²) in [6, 6.07) is 10.1. The van der Waals surface area contributed by atoms with E-state index in [0.29, 0.717) is 23.5 Å². The van der Waals surface area contributed by atoms with Gasteiger partial charge >= 0.3 is 0 Å². The maximum absolute atomic E-state index is 13.0. The molecule has 0 aromatic heterocycles. The van der Waals surface area contributed by atoms with Crippen molar-refractivity contribution in [3.63, 3.8) is 0 Å². The Morgan fingerprint density at radius 3 is 2.45 bits per heavy atom. The van der Waals surface area contributed by atoms with Gasteiger partial charge in [-0.2, -0.15) is 0 Å². The van der Waals surface area contributed by atoms with Crippen LogP contribution in [0.2, 0.25) is 0 Å². The van der Waals surface area contributed by atoms with Crippen molar-refractivity contribution >= 4 is 17.4 Å². The highest BCUT2D eigenvalue weighted by atomic mass is 16.5. The molecule has 1 saturated heterocycles. The van der Waals surface area contributed by atoms with Crippen molar-refractivity contribution in [3.05, 3.63) is 59.2 Å². The van der Waals surface area contributed by atoms with Crippen molar-refractivity contribution < 1.29 is 39.1 Å². The monoisotopic (exact) mass is 457 g/mol. The molecule has 1 fully saturated rings. The minimum atomic E-state index is -0.927. The first-order chi connectivity index (χ1) is 15.9. The largest absolute Gasteiger partial charge is 0.507 e. The first-order valence-corrected chi connectivity index (χ1v) is 10.5. The Labute approximate surface area is 191 Å². The van der Waals surface area contributed by atoms with Gasteiger partial charge in [0.1, 0.15) is 11.5 Å². The molecule has 0 unspecified atom stereocenters. The number of rotatable bonds is 10. The van der Waals surface area contributed by atoms with Gasteiger partial charge in [0.2, 0.25) is 0 Å². The number of Topliss-reactive ketones (excluding diaryl/α,β-unsaturated/α-hetero) is 1. The summed E-state index contributed by atoms with van der Waals surface area (Å²) >= 11 is 0. The van der Waals surface area contributed by atoms with Gasteiger partial charge in [-0.25, -0.2) is 0 Å². The van der Waals surface area contributed by atoms with Crippen molar-refractivity contribution in [1.82, 2.24) is 4.90 Å². The fraction of sp³-hybridized carbons (Fsp3) is 0.333. The molecule has 9 heteroatoms. The number of aliphatic hydroxyl groups is 2. The zero-order valence-electron chi connectivity index (χ0n) is 18.5. The number of phenols is 1. The maximum atomic E-state index is 13.0. The van der Waals surface area contributed by atoms with Crippen molar-refractivity contribution in [2.45, 2.75) is 13.0 Å². The lowest BCUT2D eigenvalue weighted by Gasteiger charge is -2.25. The maximum Gasteiger partial charge on any atom is 0.295 e. The number of carbonyl (C=O) groups excluding carboxylic acids is 2. The number of nitrogens with zero attached hydrogens (tertiary/aromatic N) is 1. The topological polar surface area (TPSA) is 126 Å². The summed E-state index contributed by atoms with van der Waals surface area (Å²) in [7, 11) is 1.39. The predicted octanol–water partition coefficient (Wildman–Crippen LogP) is 2.23. The molecule has 1 aliphatic rings. The first kappa shape index (κ1) is 24.1. The highest BCUT2D eigenvalue weighted by Crippen LogP contribution is 2.41. The Balaban J connectivity index is 2.08. The van der Waals surface area contributed by atoms with Crippen LogP contribution in [0.1, 0.15) is 24.1 Å². The van der Waals surface area contributed by atoms with E-state index in [-0.39, 0.29) is 49.2 Å². The Kier molecular flexibility index (Phi) is 7.92. The van der Waals surface area contributed by atoms with Gasteiger partial charge in [-0.1, -0.05) is 6.07 Å². The number of phenolic OH excluding ortho intramolecular Hbond substituents is 1. The van der Waals surface area contributed by atoms with Crippen LogP contribution in [0, 0.1) is 0 Å². The molecule has 33 heavy (non-hydrogen) atoms. The lowest BCUT2D eigenvalue weighted by Crippen LogP contribution is -2.33. The molecule has 0 aliphatic carbocycles. The lowest BCUT2D eigenvalue weighted by molar-refractivity contribution is -0.140. The average Bonchev–Trinajstić information content (AvgIpc) is 3.07. The number of aliphatic hydroxyl groups excluding tert-OH is 2. The van der Waals surface area contributed by atoms with E-state index in [4.69, 9.17) is 19.3 Å². The zero-order chi connectivity index (χ0) is 24.0. The molecule has 9 nitrogen and oxygen atoms in total. The molecule has 1 aliphatic heterocycles. The number of aromatic hydroxyl groups is 1. The van der Waals surface area contributed by atoms with Gasteiger partial charge in [-0.05, 0) is 48.9 Å². The molecule has 3 rings (SSSR count). The summed E-state index contributed by atoms with van der Waals surface area (Å²) < 4.78 is 15.9. The number of ether oxygens (including phenoxy) is 3. The summed E-state index contributed by atoms with van der Waals surface area (Å²) in [5.41, 5.74) is 0.737. The predicted molar refractivity (Wildman–Crippen MR) is 119 cm³/mol. The Morgan fingerprint density at radius 2 is 1.82 bits per heavy atom. The second-order valence-electron chi connectivity index (χ2n) is 7.22. The third-order valence-electron chi connectivity index (χ3n) is 5.21. The molecule has 1 heterocycles. The number of carbonyl (C=O) groups is 2. The highest BCUT2D eigenvalue weighted by Gasteiger charge is 2.46. The second-order valence-corrected chi connectivity index (χ2v) is 7.22. The quantitative estimate of drug-likeness (QED) is 0.215. The number of hydrogen-bond donors (Lipinski definition) is 3. The number of ketones is 1. The van der Waals surface area contributed by atoms with Gasteiger partial charge in [0.25, 0.3) is 11.7 Å². The lowest BCUT2D eigenvalue weighted by atomic mass is 9.95. The van der Waals surface area contributed by atoms with Crippen LogP contribution in [0.15, 0.2) is 48.0 Å². The van der Waals surface area contributed by atoms with E-state index in [2.05, 4.69) is 0 Å². The summed E-state index contributed by atoms with van der Waals surface area (Å²) in [5, 5.41) is 30.0. The zero-order valence-corrected chi connectivity index (χ0v) is 18.5. The molecular weight excluding hydrogens is 430 g/mol. The smallest absolute Gasteiger partial charge is 0.295 e. The fourth-order valence-electron chi connectivity index (χ4n) is 3.68. The van der Waals surface area contributed by atoms with Crippen LogP contribution in [0.5, 0.6) is 17.2 Å². The molecule has 1 amide bonds. The SMILES string of the molecule is CCOc1ccc(/C(O)=C2\C(=O)C(=O)N(CCOCCO)[C@@H]2c2ccc(O)c(OC)c2)cc1. The van der Waals surface area contributed by atoms with Crippen LogP contribution in [-0.2, 0) is 14.3 Å². The molecule has 0 radical (unpaired) electrons. The normalized spacial score (nSPS) is 17.4. The van der Waals surface area contributed by atoms with Crippen LogP contribution in [0.3, 0.4) is 0 Å². The Hall–Kier alpha value is -3.56. The van der Waals surface area contributed by atoms with E-state index in [0.717, 1.165) is 0 Å². The third kappa shape index (κ3) is 5.10. The van der Waals surface area contributed by atoms with Crippen LogP contribution in [-0.4, -0.2) is 72.0 Å². The second kappa shape index (κ2) is 10.8. The number of amides is 1. The van der Waals surface area contributed by atoms with Gasteiger partial charge in [0, 0.05) is 12.1 Å². The molecule has 0 bridgehead atoms. The molecule has 1 atom stereocenters. The van der Waals surface area contributed by atoms with Gasteiger partial charge in [0.05, 0.1) is 45.2 Å². The van der Waals surface area contributed by atoms with Crippen molar-refractivity contribution in [3.8, 4) is 17.2 Å². The molecule has 0 spiro atoms. The van der Waals surface area contributed by atoms with Gasteiger partial charge < -0.3 is 34.4 Å². The number of methoxy groups -OCH3 is 1. The van der Waals surface area contributed by atoms with Gasteiger partial charge in [-0.15, -0.1) is 0 Å². The molecule has 2 aromatic rings. The Bertz CT molecular complexity index is 1030. The van der Waals surface area contributed by atoms with Crippen LogP contribution in [0.25, 0.3) is 5.76 Å². The summed E-state index contributed by atoms with van der Waals surface area (Å²) in [4.78, 5) is 27.2. The average molecular weight is 457 g/mol. The van der Waals surface area contributed by atoms with E-state index in [9.17, 15) is 19.8 Å². The molecule has 3 N–H and O–H groups in total. The van der Waals surface area contributed by atoms with E-state index in [1.54, 1.807) is 30.3 Å². The van der Waals surface area contributed by atoms with Crippen LogP contribution >= 0.6 is 0 Å². The first-order valence-electron chi connectivity index (χ1n) is 10.5. The Morgan fingerprint density at radius 1 is 1.09 bits per heavy atom. The van der Waals surface area contributed by atoms with Gasteiger partial charge in [0.15, 0.2) is 11.5 Å². The van der Waals surface area contributed by atoms with E-state index < -0.39 is 17.7 Å². The summed E-state index contributed by atoms with van der Waals surface area (Å²) in [6.45, 7) is 2.40. The van der Waals surface area contributed by atoms with Gasteiger partial charge in [-0.3, -0.25) is 9.59 Å². The van der Waals surface area contributed by atoms with Crippen molar-refractivity contribution in [2.24, 2.45) is 0 Å². The minimum absolute atomic E-state index is 0.0541. The van der Waals surface area contributed by atoms with Crippen molar-refractivity contribution in [1.29, 1.82) is 0 Å². The highest BCUT2D eigenvalue weighted by molar-refractivity contribution is 6.46. The molecular formula is C24H27NO8. The molecule has 2 aromatic carbocycles. The summed E-state index contributed by atoms with van der Waals surface area (Å²) in [5.74, 6) is -1.28. The third-order valence-corrected chi connectivity index (χ3v) is 5.21. The van der Waals surface area contributed by atoms with E-state index in [1.807, 2.05) is 6.92 Å². The standard InChI is InChI=1S/C24H27NO8/c1-3-33-17-7-4-15(5-8-17)22(28)20-21(16-6-9-18(27)19(14-16)31-2)25(24(30)23(20)29)10-12-32-13-11-26/h4-9,14,21,26-28H,3,10-13H2,1-2H3/b22-20+/t21-/m1/s1.